The van der Waals surface area contributed by atoms with Crippen LogP contribution in [0.4, 0.5) is 0 Å². The van der Waals surface area contributed by atoms with Crippen LogP contribution in [0, 0.1) is 0 Å². The Kier molecular flexibility index (Phi) is 3.90. The summed E-state index contributed by atoms with van der Waals surface area (Å²) in [4.78, 5) is 0. The van der Waals surface area contributed by atoms with Gasteiger partial charge in [0, 0.05) is 26.7 Å². The number of hydrogen-bond acceptors (Lipinski definition) is 1. The molecule has 0 aliphatic carbocycles. The molecule has 1 fully saturated rings. The van der Waals surface area contributed by atoms with Gasteiger partial charge in [-0.05, 0) is 19.8 Å². The van der Waals surface area contributed by atoms with Gasteiger partial charge in [0.25, 0.3) is 0 Å². The molecule has 1 aliphatic rings. The van der Waals surface area contributed by atoms with E-state index in [2.05, 4.69) is 6.92 Å². The van der Waals surface area contributed by atoms with Gasteiger partial charge in [0.15, 0.2) is 0 Å². The maximum atomic E-state index is 5.15. The summed E-state index contributed by atoms with van der Waals surface area (Å²) in [6.45, 7) is 3.11. The molecule has 1 heterocycles. The molecule has 0 N–H and O–H groups in total. The second kappa shape index (κ2) is 3.59. The van der Waals surface area contributed by atoms with Gasteiger partial charge in [-0.1, -0.05) is 0 Å². The van der Waals surface area contributed by atoms with Crippen molar-refractivity contribution in [2.45, 2.75) is 25.9 Å². The fraction of sp³-hybridized carbons (Fsp3) is 1.00. The van der Waals surface area contributed by atoms with Crippen LogP contribution >= 0.6 is 0 Å². The van der Waals surface area contributed by atoms with Crippen LogP contribution in [0.1, 0.15) is 19.8 Å². The molecule has 2 heteroatoms. The summed E-state index contributed by atoms with van der Waals surface area (Å²) in [6.07, 6.45) is 3.08. The first-order chi connectivity index (χ1) is 2.89. The zero-order valence-corrected chi connectivity index (χ0v) is 6.84. The van der Waals surface area contributed by atoms with Crippen molar-refractivity contribution in [1.82, 2.24) is 0 Å². The Morgan fingerprint density at radius 1 is 1.57 bits per heavy atom. The van der Waals surface area contributed by atoms with E-state index in [9.17, 15) is 0 Å². The summed E-state index contributed by atoms with van der Waals surface area (Å²) in [5, 5.41) is 0. The maximum absolute atomic E-state index is 5.15. The fourth-order valence-electron chi connectivity index (χ4n) is 0.739. The van der Waals surface area contributed by atoms with Crippen molar-refractivity contribution < 1.29 is 24.8 Å². The monoisotopic (exact) mass is 279 g/mol. The fourth-order valence-corrected chi connectivity index (χ4v) is 0.739. The first-order valence-corrected chi connectivity index (χ1v) is 2.51. The molecule has 45 valence electrons. The summed E-state index contributed by atoms with van der Waals surface area (Å²) in [5.74, 6) is 0. The predicted octanol–water partition coefficient (Wildman–Crippen LogP) is 1.18. The third kappa shape index (κ3) is 2.43. The standard InChI is InChI=1S/C5H10O.Ir/c1-5-3-2-4-6-5;/h5H,2-4H2,1H3;. The predicted molar refractivity (Wildman–Crippen MR) is 24.6 cm³/mol. The molecule has 1 aliphatic heterocycles. The van der Waals surface area contributed by atoms with Crippen LogP contribution in [0.5, 0.6) is 0 Å². The molecule has 0 aromatic heterocycles. The number of hydrogen-bond donors (Lipinski definition) is 0. The summed E-state index contributed by atoms with van der Waals surface area (Å²) in [7, 11) is 0. The van der Waals surface area contributed by atoms with Crippen LogP contribution in [0.3, 0.4) is 0 Å². The van der Waals surface area contributed by atoms with Crippen LogP contribution in [0.25, 0.3) is 0 Å². The molecule has 0 saturated carbocycles. The van der Waals surface area contributed by atoms with Gasteiger partial charge in [-0.25, -0.2) is 0 Å². The number of ether oxygens (including phenoxy) is 1. The largest absolute Gasteiger partial charge is 0.379 e. The quantitative estimate of drug-likeness (QED) is 0.646. The van der Waals surface area contributed by atoms with E-state index in [-0.39, 0.29) is 20.1 Å². The van der Waals surface area contributed by atoms with Crippen LogP contribution in [-0.4, -0.2) is 12.7 Å². The van der Waals surface area contributed by atoms with E-state index in [0.29, 0.717) is 6.10 Å². The molecule has 0 bridgehead atoms. The summed E-state index contributed by atoms with van der Waals surface area (Å²) >= 11 is 0. The van der Waals surface area contributed by atoms with Crippen LogP contribution in [0.15, 0.2) is 0 Å². The van der Waals surface area contributed by atoms with E-state index in [1.165, 1.54) is 12.8 Å². The first-order valence-electron chi connectivity index (χ1n) is 2.51. The molecule has 1 radical (unpaired) electrons. The minimum atomic E-state index is 0. The molecule has 0 spiro atoms. The average Bonchev–Trinajstić information content (AvgIpc) is 1.86. The summed E-state index contributed by atoms with van der Waals surface area (Å²) in [5.41, 5.74) is 0. The molecule has 1 rings (SSSR count). The SMILES string of the molecule is CC1CCCO1.[Ir]. The average molecular weight is 278 g/mol. The Hall–Kier alpha value is 0.609. The van der Waals surface area contributed by atoms with Crippen LogP contribution < -0.4 is 0 Å². The van der Waals surface area contributed by atoms with Crippen molar-refractivity contribution in [2.75, 3.05) is 6.61 Å². The zero-order valence-electron chi connectivity index (χ0n) is 4.44. The summed E-state index contributed by atoms with van der Waals surface area (Å²) in [6, 6.07) is 0. The molecule has 7 heavy (non-hydrogen) atoms. The van der Waals surface area contributed by atoms with Crippen molar-refractivity contribution in [1.29, 1.82) is 0 Å². The minimum absolute atomic E-state index is 0. The van der Waals surface area contributed by atoms with Gasteiger partial charge in [-0.3, -0.25) is 0 Å². The van der Waals surface area contributed by atoms with Gasteiger partial charge in [0.2, 0.25) is 0 Å². The van der Waals surface area contributed by atoms with Crippen molar-refractivity contribution in [2.24, 2.45) is 0 Å². The van der Waals surface area contributed by atoms with Crippen molar-refractivity contribution >= 4 is 0 Å². The first kappa shape index (κ1) is 7.61. The van der Waals surface area contributed by atoms with Crippen LogP contribution in [0.2, 0.25) is 0 Å². The third-order valence-corrected chi connectivity index (χ3v) is 1.16. The summed E-state index contributed by atoms with van der Waals surface area (Å²) < 4.78 is 5.15. The second-order valence-corrected chi connectivity index (χ2v) is 1.82. The van der Waals surface area contributed by atoms with Gasteiger partial charge < -0.3 is 4.74 Å². The molecule has 0 aromatic rings. The van der Waals surface area contributed by atoms with Gasteiger partial charge in [0.1, 0.15) is 0 Å². The van der Waals surface area contributed by atoms with Crippen molar-refractivity contribution in [3.05, 3.63) is 0 Å². The molecule has 1 unspecified atom stereocenters. The van der Waals surface area contributed by atoms with Crippen LogP contribution in [-0.2, 0) is 24.8 Å². The maximum Gasteiger partial charge on any atom is 0.0547 e. The van der Waals surface area contributed by atoms with Crippen molar-refractivity contribution in [3.8, 4) is 0 Å². The van der Waals surface area contributed by atoms with Gasteiger partial charge in [-0.15, -0.1) is 0 Å². The van der Waals surface area contributed by atoms with E-state index in [0.717, 1.165) is 6.61 Å². The Bertz CT molecular complexity index is 41.3. The van der Waals surface area contributed by atoms with E-state index >= 15 is 0 Å². The molecule has 0 aromatic carbocycles. The molecular weight excluding hydrogens is 268 g/mol. The minimum Gasteiger partial charge on any atom is -0.379 e. The Balaban J connectivity index is 0.000000360. The Morgan fingerprint density at radius 2 is 2.29 bits per heavy atom. The topological polar surface area (TPSA) is 9.23 Å². The molecule has 1 atom stereocenters. The molecule has 1 nitrogen and oxygen atoms in total. The number of rotatable bonds is 0. The van der Waals surface area contributed by atoms with Gasteiger partial charge in [0.05, 0.1) is 6.10 Å². The molecular formula is C5H10IrO. The second-order valence-electron chi connectivity index (χ2n) is 1.82. The zero-order chi connectivity index (χ0) is 4.41. The van der Waals surface area contributed by atoms with Gasteiger partial charge >= 0.3 is 0 Å². The Morgan fingerprint density at radius 3 is 2.43 bits per heavy atom. The Labute approximate surface area is 57.8 Å². The normalized spacial score (nSPS) is 29.6. The van der Waals surface area contributed by atoms with Gasteiger partial charge in [-0.2, -0.15) is 0 Å². The van der Waals surface area contributed by atoms with E-state index in [4.69, 9.17) is 4.74 Å². The van der Waals surface area contributed by atoms with Crippen molar-refractivity contribution in [3.63, 3.8) is 0 Å². The van der Waals surface area contributed by atoms with E-state index < -0.39 is 0 Å². The van der Waals surface area contributed by atoms with E-state index in [1.54, 1.807) is 0 Å². The smallest absolute Gasteiger partial charge is 0.0547 e. The molecule has 1 saturated heterocycles. The third-order valence-electron chi connectivity index (χ3n) is 1.16. The van der Waals surface area contributed by atoms with E-state index in [1.807, 2.05) is 0 Å². The molecule has 0 amide bonds.